The second kappa shape index (κ2) is 12.9. The summed E-state index contributed by atoms with van der Waals surface area (Å²) in [6.45, 7) is 1.55. The molecule has 208 valence electrons. The van der Waals surface area contributed by atoms with E-state index in [1.54, 1.807) is 24.3 Å². The molecule has 1 heterocycles. The van der Waals surface area contributed by atoms with Crippen LogP contribution in [0.25, 0.3) is 0 Å². The standard InChI is InChI=1S/C26H24BrF3N2O7/c1-15-20(25(34)39-12-10-16-6-8-19(9-7-16)38-13-11-27)21(17-4-3-5-18(14-17)32(35)36)22(24(33)37-2)23(31-15)26(28,29)30/h3-9,14,21-22H,10-13H2,1-2H3. The summed E-state index contributed by atoms with van der Waals surface area (Å²) in [5.74, 6) is -5.33. The molecular weight excluding hydrogens is 589 g/mol. The number of carbonyl (C=O) groups excluding carboxylic acids is 2. The molecule has 0 aliphatic carbocycles. The molecule has 0 saturated carbocycles. The number of nitrogens with zero attached hydrogens (tertiary/aromatic N) is 2. The first-order valence-electron chi connectivity index (χ1n) is 11.6. The minimum absolute atomic E-state index is 0.0679. The lowest BCUT2D eigenvalue weighted by atomic mass is 9.75. The average molecular weight is 613 g/mol. The van der Waals surface area contributed by atoms with Gasteiger partial charge in [-0.1, -0.05) is 40.2 Å². The number of non-ortho nitro benzene ring substituents is 1. The molecule has 1 aliphatic rings. The fourth-order valence-corrected chi connectivity index (χ4v) is 4.35. The Morgan fingerprint density at radius 1 is 1.13 bits per heavy atom. The molecule has 0 radical (unpaired) electrons. The second-order valence-electron chi connectivity index (χ2n) is 8.39. The van der Waals surface area contributed by atoms with E-state index in [-0.39, 0.29) is 29.9 Å². The molecule has 0 bridgehead atoms. The van der Waals surface area contributed by atoms with Gasteiger partial charge in [-0.05, 0) is 30.2 Å². The van der Waals surface area contributed by atoms with Crippen molar-refractivity contribution in [2.24, 2.45) is 10.9 Å². The Morgan fingerprint density at radius 3 is 2.41 bits per heavy atom. The van der Waals surface area contributed by atoms with E-state index in [1.165, 1.54) is 19.1 Å². The van der Waals surface area contributed by atoms with E-state index in [0.717, 1.165) is 24.8 Å². The smallest absolute Gasteiger partial charge is 0.430 e. The van der Waals surface area contributed by atoms with Crippen LogP contribution in [0.5, 0.6) is 5.75 Å². The SMILES string of the molecule is COC(=O)C1C(C(F)(F)F)=NC(C)=C(C(=O)OCCc2ccc(OCCBr)cc2)C1c1cccc([N+](=O)[O-])c1. The maximum Gasteiger partial charge on any atom is 0.430 e. The molecule has 3 rings (SSSR count). The highest BCUT2D eigenvalue weighted by molar-refractivity contribution is 9.09. The number of ether oxygens (including phenoxy) is 3. The minimum Gasteiger partial charge on any atom is -0.493 e. The van der Waals surface area contributed by atoms with Gasteiger partial charge in [0.15, 0.2) is 0 Å². The molecule has 39 heavy (non-hydrogen) atoms. The van der Waals surface area contributed by atoms with Crippen LogP contribution in [0.4, 0.5) is 18.9 Å². The Morgan fingerprint density at radius 2 is 1.82 bits per heavy atom. The third-order valence-electron chi connectivity index (χ3n) is 5.92. The predicted octanol–water partition coefficient (Wildman–Crippen LogP) is 5.32. The number of aliphatic imine (C=N–C) groups is 1. The molecule has 0 amide bonds. The fraction of sp³-hybridized carbons (Fsp3) is 0.346. The summed E-state index contributed by atoms with van der Waals surface area (Å²) < 4.78 is 57.4. The van der Waals surface area contributed by atoms with Crippen molar-refractivity contribution in [2.45, 2.75) is 25.4 Å². The molecule has 2 aromatic carbocycles. The monoisotopic (exact) mass is 612 g/mol. The Hall–Kier alpha value is -3.74. The number of nitro groups is 1. The van der Waals surface area contributed by atoms with Gasteiger partial charge in [0.25, 0.3) is 5.69 Å². The highest BCUT2D eigenvalue weighted by Gasteiger charge is 2.52. The van der Waals surface area contributed by atoms with Crippen molar-refractivity contribution in [2.75, 3.05) is 25.7 Å². The van der Waals surface area contributed by atoms with Crippen molar-refractivity contribution in [1.82, 2.24) is 0 Å². The molecule has 0 fully saturated rings. The summed E-state index contributed by atoms with van der Waals surface area (Å²) in [5, 5.41) is 12.0. The van der Waals surface area contributed by atoms with Crippen LogP contribution in [0.15, 0.2) is 64.8 Å². The van der Waals surface area contributed by atoms with E-state index in [9.17, 15) is 32.9 Å². The average Bonchev–Trinajstić information content (AvgIpc) is 2.91. The van der Waals surface area contributed by atoms with E-state index >= 15 is 0 Å². The fourth-order valence-electron chi connectivity index (χ4n) is 4.19. The number of hydrogen-bond donors (Lipinski definition) is 0. The largest absolute Gasteiger partial charge is 0.493 e. The van der Waals surface area contributed by atoms with Gasteiger partial charge < -0.3 is 14.2 Å². The quantitative estimate of drug-likeness (QED) is 0.154. The van der Waals surface area contributed by atoms with Crippen LogP contribution in [0.2, 0.25) is 0 Å². The van der Waals surface area contributed by atoms with Gasteiger partial charge in [-0.25, -0.2) is 4.79 Å². The minimum atomic E-state index is -5.04. The Balaban J connectivity index is 1.95. The van der Waals surface area contributed by atoms with Crippen LogP contribution in [0.3, 0.4) is 0 Å². The van der Waals surface area contributed by atoms with E-state index in [1.807, 2.05) is 0 Å². The van der Waals surface area contributed by atoms with Crippen molar-refractivity contribution in [3.63, 3.8) is 0 Å². The zero-order valence-electron chi connectivity index (χ0n) is 20.9. The third-order valence-corrected chi connectivity index (χ3v) is 6.24. The molecule has 0 N–H and O–H groups in total. The van der Waals surface area contributed by atoms with Crippen LogP contribution >= 0.6 is 15.9 Å². The highest BCUT2D eigenvalue weighted by Crippen LogP contribution is 2.44. The normalized spacial score (nSPS) is 17.3. The van der Waals surface area contributed by atoms with Gasteiger partial charge in [0.2, 0.25) is 0 Å². The number of hydrogen-bond acceptors (Lipinski definition) is 8. The van der Waals surface area contributed by atoms with Gasteiger partial charge in [0.05, 0.1) is 30.8 Å². The van der Waals surface area contributed by atoms with Gasteiger partial charge in [0.1, 0.15) is 17.4 Å². The van der Waals surface area contributed by atoms with Crippen molar-refractivity contribution in [3.05, 3.63) is 81.0 Å². The number of methoxy groups -OCH3 is 1. The summed E-state index contributed by atoms with van der Waals surface area (Å²) in [7, 11) is 0.903. The number of rotatable bonds is 10. The van der Waals surface area contributed by atoms with E-state index in [0.29, 0.717) is 17.7 Å². The first kappa shape index (κ1) is 29.8. The second-order valence-corrected chi connectivity index (χ2v) is 9.18. The molecule has 2 aromatic rings. The van der Waals surface area contributed by atoms with Crippen LogP contribution in [-0.2, 0) is 25.5 Å². The first-order valence-corrected chi connectivity index (χ1v) is 12.7. The number of allylic oxidation sites excluding steroid dienone is 1. The molecule has 0 spiro atoms. The molecule has 2 atom stereocenters. The number of esters is 2. The first-order chi connectivity index (χ1) is 18.5. The number of alkyl halides is 4. The Labute approximate surface area is 229 Å². The molecule has 9 nitrogen and oxygen atoms in total. The van der Waals surface area contributed by atoms with E-state index in [2.05, 4.69) is 25.7 Å². The summed E-state index contributed by atoms with van der Waals surface area (Å²) in [6.07, 6.45) is -4.76. The summed E-state index contributed by atoms with van der Waals surface area (Å²) >= 11 is 3.27. The molecule has 1 aliphatic heterocycles. The van der Waals surface area contributed by atoms with Gasteiger partial charge in [-0.2, -0.15) is 13.2 Å². The topological polar surface area (TPSA) is 117 Å². The lowest BCUT2D eigenvalue weighted by Gasteiger charge is -2.32. The Kier molecular flexibility index (Phi) is 9.84. The number of nitro benzene ring substituents is 1. The van der Waals surface area contributed by atoms with E-state index in [4.69, 9.17) is 9.47 Å². The van der Waals surface area contributed by atoms with Crippen LogP contribution in [0.1, 0.15) is 24.0 Å². The number of benzene rings is 2. The lowest BCUT2D eigenvalue weighted by Crippen LogP contribution is -2.43. The maximum atomic E-state index is 14.0. The van der Waals surface area contributed by atoms with Gasteiger partial charge in [-0.3, -0.25) is 19.9 Å². The number of carbonyl (C=O) groups is 2. The van der Waals surface area contributed by atoms with Crippen molar-refractivity contribution in [1.29, 1.82) is 0 Å². The molecule has 0 saturated heterocycles. The maximum absolute atomic E-state index is 14.0. The predicted molar refractivity (Wildman–Crippen MR) is 138 cm³/mol. The van der Waals surface area contributed by atoms with Crippen LogP contribution in [0, 0.1) is 16.0 Å². The Bertz CT molecular complexity index is 1290. The van der Waals surface area contributed by atoms with Crippen LogP contribution in [-0.4, -0.2) is 54.4 Å². The highest BCUT2D eigenvalue weighted by atomic mass is 79.9. The zero-order valence-corrected chi connectivity index (χ0v) is 22.5. The third kappa shape index (κ3) is 7.22. The lowest BCUT2D eigenvalue weighted by molar-refractivity contribution is -0.384. The van der Waals surface area contributed by atoms with Gasteiger partial charge >= 0.3 is 18.1 Å². The molecule has 13 heteroatoms. The van der Waals surface area contributed by atoms with Crippen molar-refractivity contribution in [3.8, 4) is 5.75 Å². The summed E-state index contributed by atoms with van der Waals surface area (Å²) in [5.41, 5.74) is -1.80. The van der Waals surface area contributed by atoms with Crippen molar-refractivity contribution >= 4 is 39.3 Å². The summed E-state index contributed by atoms with van der Waals surface area (Å²) in [4.78, 5) is 40.1. The number of halogens is 4. The van der Waals surface area contributed by atoms with Crippen LogP contribution < -0.4 is 4.74 Å². The van der Waals surface area contributed by atoms with Crippen molar-refractivity contribution < 1.29 is 41.9 Å². The van der Waals surface area contributed by atoms with E-state index < -0.39 is 46.3 Å². The van der Waals surface area contributed by atoms with Gasteiger partial charge in [0, 0.05) is 35.5 Å². The molecule has 0 aromatic heterocycles. The molecular formula is C26H24BrF3N2O7. The summed E-state index contributed by atoms with van der Waals surface area (Å²) in [6, 6.07) is 11.8. The molecule has 2 unspecified atom stereocenters. The zero-order chi connectivity index (χ0) is 28.7. The van der Waals surface area contributed by atoms with Gasteiger partial charge in [-0.15, -0.1) is 0 Å².